The fraction of sp³-hybridized carbons (Fsp3) is 0.231. The monoisotopic (exact) mass is 534 g/mol. The van der Waals surface area contributed by atoms with E-state index in [2.05, 4.69) is 25.4 Å². The van der Waals surface area contributed by atoms with Gasteiger partial charge in [0.1, 0.15) is 19.8 Å². The van der Waals surface area contributed by atoms with E-state index in [0.29, 0.717) is 52.8 Å². The van der Waals surface area contributed by atoms with Gasteiger partial charge in [0.15, 0.2) is 11.5 Å². The van der Waals surface area contributed by atoms with E-state index in [1.54, 1.807) is 56.3 Å². The van der Waals surface area contributed by atoms with Gasteiger partial charge in [0.25, 0.3) is 10.0 Å². The minimum atomic E-state index is -3.89. The molecular weight excluding hydrogens is 508 g/mol. The molecule has 0 unspecified atom stereocenters. The number of rotatable bonds is 7. The smallest absolute Gasteiger partial charge is 0.262 e. The zero-order valence-electron chi connectivity index (χ0n) is 21.1. The SMILES string of the molecule is Cc1cc(C)c(S(=O)(=O)Nc2ccccc2-c2nnn(CC(=O)Nc3ccc4c(c3)OCCO4)n2)c(C)c1. The molecule has 0 aliphatic carbocycles. The Morgan fingerprint density at radius 1 is 0.974 bits per heavy atom. The van der Waals surface area contributed by atoms with Gasteiger partial charge < -0.3 is 14.8 Å². The van der Waals surface area contributed by atoms with Crippen molar-refractivity contribution in [3.8, 4) is 22.9 Å². The van der Waals surface area contributed by atoms with Crippen LogP contribution < -0.4 is 19.5 Å². The highest BCUT2D eigenvalue weighted by molar-refractivity contribution is 7.92. The number of hydrogen-bond acceptors (Lipinski definition) is 8. The topological polar surface area (TPSA) is 137 Å². The predicted molar refractivity (Wildman–Crippen MR) is 141 cm³/mol. The maximum Gasteiger partial charge on any atom is 0.262 e. The van der Waals surface area contributed by atoms with Gasteiger partial charge in [-0.05, 0) is 61.4 Å². The van der Waals surface area contributed by atoms with E-state index in [0.717, 1.165) is 10.4 Å². The third kappa shape index (κ3) is 5.30. The second-order valence-corrected chi connectivity index (χ2v) is 10.5. The molecule has 4 aromatic rings. The first-order valence-electron chi connectivity index (χ1n) is 11.9. The number of carbonyl (C=O) groups excluding carboxylic acids is 1. The van der Waals surface area contributed by atoms with Gasteiger partial charge in [-0.1, -0.05) is 29.8 Å². The van der Waals surface area contributed by atoms with Crippen LogP contribution >= 0.6 is 0 Å². The summed E-state index contributed by atoms with van der Waals surface area (Å²) >= 11 is 0. The van der Waals surface area contributed by atoms with Crippen LogP contribution in [0.15, 0.2) is 59.5 Å². The fourth-order valence-electron chi connectivity index (χ4n) is 4.42. The lowest BCUT2D eigenvalue weighted by Gasteiger charge is -2.18. The molecule has 1 amide bonds. The molecule has 1 aliphatic heterocycles. The molecule has 2 N–H and O–H groups in total. The highest BCUT2D eigenvalue weighted by Crippen LogP contribution is 2.33. The van der Waals surface area contributed by atoms with Gasteiger partial charge in [-0.15, -0.1) is 10.2 Å². The number of tetrazole rings is 1. The van der Waals surface area contributed by atoms with Crippen molar-refractivity contribution in [3.05, 3.63) is 71.3 Å². The molecule has 0 bridgehead atoms. The van der Waals surface area contributed by atoms with E-state index in [9.17, 15) is 13.2 Å². The molecule has 12 heteroatoms. The average Bonchev–Trinajstić information content (AvgIpc) is 3.31. The number of carbonyl (C=O) groups is 1. The van der Waals surface area contributed by atoms with Crippen molar-refractivity contribution in [1.82, 2.24) is 20.2 Å². The number of nitrogens with zero attached hydrogens (tertiary/aromatic N) is 4. The number of fused-ring (bicyclic) bond motifs is 1. The zero-order chi connectivity index (χ0) is 26.9. The lowest BCUT2D eigenvalue weighted by Crippen LogP contribution is -2.21. The molecule has 38 heavy (non-hydrogen) atoms. The largest absolute Gasteiger partial charge is 0.486 e. The molecule has 0 saturated carbocycles. The van der Waals surface area contributed by atoms with Crippen LogP contribution in [-0.2, 0) is 21.4 Å². The van der Waals surface area contributed by atoms with E-state index in [-0.39, 0.29) is 23.2 Å². The van der Waals surface area contributed by atoms with Crippen molar-refractivity contribution >= 4 is 27.3 Å². The Morgan fingerprint density at radius 2 is 1.68 bits per heavy atom. The second-order valence-electron chi connectivity index (χ2n) is 8.93. The highest BCUT2D eigenvalue weighted by Gasteiger charge is 2.23. The fourth-order valence-corrected chi connectivity index (χ4v) is 5.96. The number of aryl methyl sites for hydroxylation is 3. The Labute approximate surface area is 219 Å². The summed E-state index contributed by atoms with van der Waals surface area (Å²) in [7, 11) is -3.89. The summed E-state index contributed by atoms with van der Waals surface area (Å²) in [4.78, 5) is 14.0. The summed E-state index contributed by atoms with van der Waals surface area (Å²) in [6.07, 6.45) is 0. The Balaban J connectivity index is 1.33. The molecule has 0 atom stereocenters. The van der Waals surface area contributed by atoms with Crippen molar-refractivity contribution in [1.29, 1.82) is 0 Å². The van der Waals surface area contributed by atoms with Crippen molar-refractivity contribution in [2.24, 2.45) is 0 Å². The molecule has 5 rings (SSSR count). The first-order valence-corrected chi connectivity index (χ1v) is 13.4. The minimum Gasteiger partial charge on any atom is -0.486 e. The summed E-state index contributed by atoms with van der Waals surface area (Å²) in [5, 5.41) is 15.1. The van der Waals surface area contributed by atoms with Gasteiger partial charge in [-0.3, -0.25) is 9.52 Å². The van der Waals surface area contributed by atoms with Gasteiger partial charge in [0.05, 0.1) is 10.6 Å². The lowest BCUT2D eigenvalue weighted by molar-refractivity contribution is -0.117. The van der Waals surface area contributed by atoms with Crippen molar-refractivity contribution in [2.75, 3.05) is 23.3 Å². The number of amides is 1. The summed E-state index contributed by atoms with van der Waals surface area (Å²) in [5.74, 6) is 0.988. The molecule has 1 aromatic heterocycles. The number of ether oxygens (including phenoxy) is 2. The third-order valence-electron chi connectivity index (χ3n) is 5.85. The number of nitrogens with one attached hydrogen (secondary N) is 2. The summed E-state index contributed by atoms with van der Waals surface area (Å²) in [6.45, 7) is 6.18. The Kier molecular flexibility index (Phi) is 6.72. The van der Waals surface area contributed by atoms with Gasteiger partial charge in [-0.2, -0.15) is 4.80 Å². The first-order chi connectivity index (χ1) is 18.2. The predicted octanol–water partition coefficient (Wildman–Crippen LogP) is 3.48. The zero-order valence-corrected chi connectivity index (χ0v) is 21.9. The lowest BCUT2D eigenvalue weighted by atomic mass is 10.1. The molecule has 1 aliphatic rings. The highest BCUT2D eigenvalue weighted by atomic mass is 32.2. The quantitative estimate of drug-likeness (QED) is 0.368. The normalized spacial score (nSPS) is 12.7. The van der Waals surface area contributed by atoms with Gasteiger partial charge in [0, 0.05) is 17.3 Å². The van der Waals surface area contributed by atoms with Crippen LogP contribution in [-0.4, -0.2) is 47.7 Å². The van der Waals surface area contributed by atoms with Crippen LogP contribution in [0.3, 0.4) is 0 Å². The molecule has 0 radical (unpaired) electrons. The average molecular weight is 535 g/mol. The number of anilines is 2. The molecule has 11 nitrogen and oxygen atoms in total. The Morgan fingerprint density at radius 3 is 2.45 bits per heavy atom. The summed E-state index contributed by atoms with van der Waals surface area (Å²) in [6, 6.07) is 15.6. The Bertz CT molecular complexity index is 1610. The number of para-hydroxylation sites is 1. The second kappa shape index (κ2) is 10.1. The van der Waals surface area contributed by atoms with E-state index >= 15 is 0 Å². The van der Waals surface area contributed by atoms with Crippen molar-refractivity contribution in [2.45, 2.75) is 32.2 Å². The molecule has 2 heterocycles. The van der Waals surface area contributed by atoms with Crippen LogP contribution in [0.25, 0.3) is 11.4 Å². The number of aromatic nitrogens is 4. The molecule has 0 fully saturated rings. The van der Waals surface area contributed by atoms with E-state index in [1.165, 1.54) is 0 Å². The maximum atomic E-state index is 13.3. The van der Waals surface area contributed by atoms with E-state index in [4.69, 9.17) is 9.47 Å². The molecule has 0 spiro atoms. The van der Waals surface area contributed by atoms with Gasteiger partial charge in [0.2, 0.25) is 11.7 Å². The minimum absolute atomic E-state index is 0.174. The molecule has 3 aromatic carbocycles. The van der Waals surface area contributed by atoms with Crippen LogP contribution in [0, 0.1) is 20.8 Å². The standard InChI is InChI=1S/C26H26N6O5S/c1-16-12-17(2)25(18(3)13-16)38(34,35)30-21-7-5-4-6-20(21)26-28-31-32(29-26)15-24(33)27-19-8-9-22-23(14-19)37-11-10-36-22/h4-9,12-14,30H,10-11,15H2,1-3H3,(H,27,33). The van der Waals surface area contributed by atoms with E-state index in [1.807, 2.05) is 19.1 Å². The van der Waals surface area contributed by atoms with Crippen molar-refractivity contribution in [3.63, 3.8) is 0 Å². The van der Waals surface area contributed by atoms with Crippen LogP contribution in [0.2, 0.25) is 0 Å². The maximum absolute atomic E-state index is 13.3. The molecule has 196 valence electrons. The summed E-state index contributed by atoms with van der Waals surface area (Å²) < 4.78 is 40.3. The molecule has 0 saturated heterocycles. The number of sulfonamides is 1. The third-order valence-corrected chi connectivity index (χ3v) is 7.52. The van der Waals surface area contributed by atoms with Gasteiger partial charge in [-0.25, -0.2) is 8.42 Å². The Hall–Kier alpha value is -4.45. The van der Waals surface area contributed by atoms with Crippen LogP contribution in [0.5, 0.6) is 11.5 Å². The number of hydrogen-bond donors (Lipinski definition) is 2. The molecular formula is C26H26N6O5S. The van der Waals surface area contributed by atoms with Crippen molar-refractivity contribution < 1.29 is 22.7 Å². The van der Waals surface area contributed by atoms with E-state index < -0.39 is 10.0 Å². The summed E-state index contributed by atoms with van der Waals surface area (Å²) in [5.41, 5.74) is 3.56. The van der Waals surface area contributed by atoms with Crippen LogP contribution in [0.1, 0.15) is 16.7 Å². The van der Waals surface area contributed by atoms with Crippen LogP contribution in [0.4, 0.5) is 11.4 Å². The number of benzene rings is 3. The first kappa shape index (κ1) is 25.2. The van der Waals surface area contributed by atoms with Gasteiger partial charge >= 0.3 is 0 Å².